The molecule has 19 heavy (non-hydrogen) atoms. The number of benzene rings is 2. The van der Waals surface area contributed by atoms with Crippen LogP contribution in [0.2, 0.25) is 5.02 Å². The van der Waals surface area contributed by atoms with Crippen molar-refractivity contribution in [1.29, 1.82) is 0 Å². The van der Waals surface area contributed by atoms with Crippen LogP contribution in [-0.4, -0.2) is 5.78 Å². The normalized spacial score (nSPS) is 10.6. The second-order valence-corrected chi connectivity index (χ2v) is 4.44. The Morgan fingerprint density at radius 1 is 1.00 bits per heavy atom. The SMILES string of the molecule is Cc1cc(F)c(C(=O)c2ccc(F)cc2Cl)cc1F. The Kier molecular flexibility index (Phi) is 3.62. The molecule has 2 aromatic carbocycles. The van der Waals surface area contributed by atoms with E-state index in [1.54, 1.807) is 0 Å². The molecule has 0 saturated heterocycles. The van der Waals surface area contributed by atoms with E-state index in [1.807, 2.05) is 0 Å². The molecule has 0 spiro atoms. The summed E-state index contributed by atoms with van der Waals surface area (Å²) in [5.74, 6) is -2.94. The molecule has 0 aliphatic heterocycles. The summed E-state index contributed by atoms with van der Waals surface area (Å²) in [6.45, 7) is 1.39. The van der Waals surface area contributed by atoms with Crippen LogP contribution >= 0.6 is 11.6 Å². The van der Waals surface area contributed by atoms with Gasteiger partial charge in [-0.3, -0.25) is 4.79 Å². The third-order valence-corrected chi connectivity index (χ3v) is 2.98. The van der Waals surface area contributed by atoms with Gasteiger partial charge in [-0.2, -0.15) is 0 Å². The number of hydrogen-bond acceptors (Lipinski definition) is 1. The Morgan fingerprint density at radius 2 is 1.68 bits per heavy atom. The molecular weight excluding hydrogens is 277 g/mol. The summed E-state index contributed by atoms with van der Waals surface area (Å²) in [4.78, 5) is 12.0. The van der Waals surface area contributed by atoms with E-state index in [0.29, 0.717) is 0 Å². The van der Waals surface area contributed by atoms with E-state index in [1.165, 1.54) is 6.92 Å². The van der Waals surface area contributed by atoms with E-state index in [4.69, 9.17) is 11.6 Å². The minimum Gasteiger partial charge on any atom is -0.288 e. The molecule has 0 bridgehead atoms. The van der Waals surface area contributed by atoms with Gasteiger partial charge in [0.25, 0.3) is 0 Å². The first-order chi connectivity index (χ1) is 8.90. The molecule has 0 aliphatic carbocycles. The highest BCUT2D eigenvalue weighted by atomic mass is 35.5. The van der Waals surface area contributed by atoms with Gasteiger partial charge in [0, 0.05) is 5.56 Å². The molecule has 5 heteroatoms. The predicted octanol–water partition coefficient (Wildman–Crippen LogP) is 4.30. The van der Waals surface area contributed by atoms with E-state index >= 15 is 0 Å². The largest absolute Gasteiger partial charge is 0.288 e. The molecule has 2 aromatic rings. The molecule has 98 valence electrons. The quantitative estimate of drug-likeness (QED) is 0.752. The molecule has 1 nitrogen and oxygen atoms in total. The lowest BCUT2D eigenvalue weighted by Gasteiger charge is -2.06. The second-order valence-electron chi connectivity index (χ2n) is 4.03. The molecule has 0 saturated carbocycles. The van der Waals surface area contributed by atoms with Gasteiger partial charge in [0.1, 0.15) is 17.5 Å². The van der Waals surface area contributed by atoms with Crippen molar-refractivity contribution in [3.63, 3.8) is 0 Å². The molecule has 0 aliphatic rings. The summed E-state index contributed by atoms with van der Waals surface area (Å²) in [5.41, 5.74) is -0.416. The van der Waals surface area contributed by atoms with E-state index in [0.717, 1.165) is 30.3 Å². The highest BCUT2D eigenvalue weighted by molar-refractivity contribution is 6.35. The number of halogens is 4. The third-order valence-electron chi connectivity index (χ3n) is 2.67. The molecule has 0 atom stereocenters. The fourth-order valence-electron chi connectivity index (χ4n) is 1.64. The molecule has 2 rings (SSSR count). The van der Waals surface area contributed by atoms with Crippen molar-refractivity contribution in [2.75, 3.05) is 0 Å². The number of aryl methyl sites for hydroxylation is 1. The zero-order valence-corrected chi connectivity index (χ0v) is 10.6. The molecule has 0 heterocycles. The maximum Gasteiger partial charge on any atom is 0.197 e. The van der Waals surface area contributed by atoms with Crippen LogP contribution in [0.1, 0.15) is 21.5 Å². The van der Waals surface area contributed by atoms with Gasteiger partial charge in [-0.25, -0.2) is 13.2 Å². The van der Waals surface area contributed by atoms with Gasteiger partial charge in [-0.1, -0.05) is 11.6 Å². The Morgan fingerprint density at radius 3 is 2.32 bits per heavy atom. The predicted molar refractivity (Wildman–Crippen MR) is 65.9 cm³/mol. The van der Waals surface area contributed by atoms with Crippen LogP contribution in [0.3, 0.4) is 0 Å². The standard InChI is InChI=1S/C14H8ClF3O/c1-7-4-13(18)10(6-12(7)17)14(19)9-3-2-8(16)5-11(9)15/h2-6H,1H3. The van der Waals surface area contributed by atoms with E-state index in [-0.39, 0.29) is 16.1 Å². The average Bonchev–Trinajstić information content (AvgIpc) is 2.33. The van der Waals surface area contributed by atoms with Gasteiger partial charge < -0.3 is 0 Å². The van der Waals surface area contributed by atoms with Crippen molar-refractivity contribution in [2.45, 2.75) is 6.92 Å². The summed E-state index contributed by atoms with van der Waals surface area (Å²) in [6, 6.07) is 4.85. The van der Waals surface area contributed by atoms with Gasteiger partial charge >= 0.3 is 0 Å². The monoisotopic (exact) mass is 284 g/mol. The van der Waals surface area contributed by atoms with Gasteiger partial charge in [-0.15, -0.1) is 0 Å². The average molecular weight is 285 g/mol. The lowest BCUT2D eigenvalue weighted by atomic mass is 10.0. The summed E-state index contributed by atoms with van der Waals surface area (Å²) in [5, 5.41) is -0.148. The molecule has 0 unspecified atom stereocenters. The van der Waals surface area contributed by atoms with Crippen molar-refractivity contribution in [1.82, 2.24) is 0 Å². The number of ketones is 1. The zero-order valence-electron chi connectivity index (χ0n) is 9.81. The van der Waals surface area contributed by atoms with Crippen LogP contribution < -0.4 is 0 Å². The van der Waals surface area contributed by atoms with Crippen molar-refractivity contribution >= 4 is 17.4 Å². The van der Waals surface area contributed by atoms with Gasteiger partial charge in [0.2, 0.25) is 0 Å². The van der Waals surface area contributed by atoms with Gasteiger partial charge in [0.05, 0.1) is 10.6 Å². The maximum absolute atomic E-state index is 13.7. The number of hydrogen-bond donors (Lipinski definition) is 0. The van der Waals surface area contributed by atoms with Crippen LogP contribution in [0.25, 0.3) is 0 Å². The van der Waals surface area contributed by atoms with Crippen LogP contribution in [-0.2, 0) is 0 Å². The minimum absolute atomic E-state index is 0.0785. The summed E-state index contributed by atoms with van der Waals surface area (Å²) >= 11 is 5.72. The van der Waals surface area contributed by atoms with Crippen molar-refractivity contribution in [3.8, 4) is 0 Å². The number of carbonyl (C=O) groups excluding carboxylic acids is 1. The van der Waals surface area contributed by atoms with Crippen molar-refractivity contribution in [2.24, 2.45) is 0 Å². The molecule has 0 fully saturated rings. The fraction of sp³-hybridized carbons (Fsp3) is 0.0714. The fourth-order valence-corrected chi connectivity index (χ4v) is 1.89. The Hall–Kier alpha value is -1.81. The first kappa shape index (κ1) is 13.6. The molecule has 0 amide bonds. The summed E-state index contributed by atoms with van der Waals surface area (Å²) < 4.78 is 39.9. The topological polar surface area (TPSA) is 17.1 Å². The van der Waals surface area contributed by atoms with E-state index in [9.17, 15) is 18.0 Å². The molecular formula is C14H8ClF3O. The lowest BCUT2D eigenvalue weighted by Crippen LogP contribution is -2.07. The maximum atomic E-state index is 13.7. The summed E-state index contributed by atoms with van der Waals surface area (Å²) in [7, 11) is 0. The van der Waals surface area contributed by atoms with Crippen molar-refractivity contribution in [3.05, 3.63) is 69.5 Å². The minimum atomic E-state index is -0.843. The van der Waals surface area contributed by atoms with Crippen LogP contribution in [0, 0.1) is 24.4 Å². The number of rotatable bonds is 2. The highest BCUT2D eigenvalue weighted by Gasteiger charge is 2.19. The molecule has 0 aromatic heterocycles. The summed E-state index contributed by atoms with van der Waals surface area (Å²) in [6.07, 6.45) is 0. The van der Waals surface area contributed by atoms with E-state index < -0.39 is 28.8 Å². The first-order valence-corrected chi connectivity index (χ1v) is 5.73. The second kappa shape index (κ2) is 5.05. The lowest BCUT2D eigenvalue weighted by molar-refractivity contribution is 0.103. The molecule has 0 radical (unpaired) electrons. The van der Waals surface area contributed by atoms with Gasteiger partial charge in [0.15, 0.2) is 5.78 Å². The highest BCUT2D eigenvalue weighted by Crippen LogP contribution is 2.23. The van der Waals surface area contributed by atoms with Crippen molar-refractivity contribution < 1.29 is 18.0 Å². The molecule has 0 N–H and O–H groups in total. The van der Waals surface area contributed by atoms with Crippen LogP contribution in [0.15, 0.2) is 30.3 Å². The number of carbonyl (C=O) groups is 1. The Labute approximate surface area is 112 Å². The Bertz CT molecular complexity index is 668. The zero-order chi connectivity index (χ0) is 14.2. The van der Waals surface area contributed by atoms with Gasteiger partial charge in [-0.05, 0) is 42.8 Å². The first-order valence-electron chi connectivity index (χ1n) is 5.35. The van der Waals surface area contributed by atoms with Crippen LogP contribution in [0.4, 0.5) is 13.2 Å². The smallest absolute Gasteiger partial charge is 0.197 e. The van der Waals surface area contributed by atoms with Crippen LogP contribution in [0.5, 0.6) is 0 Å². The van der Waals surface area contributed by atoms with E-state index in [2.05, 4.69) is 0 Å². The Balaban J connectivity index is 2.53. The third kappa shape index (κ3) is 2.63.